The highest BCUT2D eigenvalue weighted by molar-refractivity contribution is 6.31. The molecule has 17 heavy (non-hydrogen) atoms. The number of hydrogen-bond donors (Lipinski definition) is 2. The van der Waals surface area contributed by atoms with Crippen molar-refractivity contribution in [3.8, 4) is 0 Å². The van der Waals surface area contributed by atoms with Gasteiger partial charge >= 0.3 is 0 Å². The molecule has 0 amide bonds. The maximum atomic E-state index is 13.3. The first kappa shape index (κ1) is 11.7. The number of anilines is 2. The Bertz CT molecular complexity index is 538. The SMILES string of the molecule is Cn1ccnc1CNc1cc(F)c(Cl)cc1N. The number of halogens is 2. The van der Waals surface area contributed by atoms with Crippen LogP contribution in [0.5, 0.6) is 0 Å². The van der Waals surface area contributed by atoms with Gasteiger partial charge in [0.1, 0.15) is 11.6 Å². The molecule has 0 aliphatic carbocycles. The normalized spacial score (nSPS) is 10.5. The minimum atomic E-state index is -0.497. The second-order valence-electron chi connectivity index (χ2n) is 3.66. The van der Waals surface area contributed by atoms with E-state index in [9.17, 15) is 4.39 Å². The number of hydrogen-bond acceptors (Lipinski definition) is 3. The molecule has 1 heterocycles. The van der Waals surface area contributed by atoms with E-state index < -0.39 is 5.82 Å². The zero-order chi connectivity index (χ0) is 12.4. The summed E-state index contributed by atoms with van der Waals surface area (Å²) in [5, 5.41) is 3.04. The lowest BCUT2D eigenvalue weighted by Crippen LogP contribution is -2.07. The minimum Gasteiger partial charge on any atom is -0.397 e. The van der Waals surface area contributed by atoms with Crippen molar-refractivity contribution in [1.29, 1.82) is 0 Å². The summed E-state index contributed by atoms with van der Waals surface area (Å²) in [5.74, 6) is 0.336. The number of nitrogen functional groups attached to an aromatic ring is 1. The van der Waals surface area contributed by atoms with Crippen LogP contribution in [0.1, 0.15) is 5.82 Å². The van der Waals surface area contributed by atoms with Gasteiger partial charge in [-0.15, -0.1) is 0 Å². The summed E-state index contributed by atoms with van der Waals surface area (Å²) in [6, 6.07) is 2.66. The van der Waals surface area contributed by atoms with Gasteiger partial charge < -0.3 is 15.6 Å². The average Bonchev–Trinajstić information content (AvgIpc) is 2.68. The molecule has 90 valence electrons. The van der Waals surface area contributed by atoms with E-state index in [2.05, 4.69) is 10.3 Å². The Kier molecular flexibility index (Phi) is 3.19. The lowest BCUT2D eigenvalue weighted by molar-refractivity contribution is 0.628. The average molecular weight is 255 g/mol. The summed E-state index contributed by atoms with van der Waals surface area (Å²) in [7, 11) is 1.88. The molecule has 3 N–H and O–H groups in total. The first-order valence-corrected chi connectivity index (χ1v) is 5.40. The van der Waals surface area contributed by atoms with Gasteiger partial charge in [-0.25, -0.2) is 9.37 Å². The summed E-state index contributed by atoms with van der Waals surface area (Å²) in [6.45, 7) is 0.467. The van der Waals surface area contributed by atoms with Crippen LogP contribution >= 0.6 is 11.6 Å². The van der Waals surface area contributed by atoms with Crippen molar-refractivity contribution < 1.29 is 4.39 Å². The van der Waals surface area contributed by atoms with Crippen molar-refractivity contribution >= 4 is 23.0 Å². The quantitative estimate of drug-likeness (QED) is 0.827. The third-order valence-corrected chi connectivity index (χ3v) is 2.74. The zero-order valence-corrected chi connectivity index (χ0v) is 10.0. The lowest BCUT2D eigenvalue weighted by atomic mass is 10.2. The molecule has 4 nitrogen and oxygen atoms in total. The van der Waals surface area contributed by atoms with Gasteiger partial charge in [-0.05, 0) is 6.07 Å². The van der Waals surface area contributed by atoms with Gasteiger partial charge in [-0.1, -0.05) is 11.6 Å². The van der Waals surface area contributed by atoms with E-state index in [1.54, 1.807) is 6.20 Å². The van der Waals surface area contributed by atoms with E-state index in [-0.39, 0.29) is 5.02 Å². The maximum absolute atomic E-state index is 13.3. The highest BCUT2D eigenvalue weighted by Gasteiger charge is 2.07. The fourth-order valence-corrected chi connectivity index (χ4v) is 1.63. The summed E-state index contributed by atoms with van der Waals surface area (Å²) in [5.41, 5.74) is 6.64. The van der Waals surface area contributed by atoms with Crippen LogP contribution in [0.15, 0.2) is 24.5 Å². The van der Waals surface area contributed by atoms with Crippen LogP contribution in [0.2, 0.25) is 5.02 Å². The number of nitrogens with one attached hydrogen (secondary N) is 1. The highest BCUT2D eigenvalue weighted by atomic mass is 35.5. The summed E-state index contributed by atoms with van der Waals surface area (Å²) < 4.78 is 15.1. The number of nitrogens with zero attached hydrogens (tertiary/aromatic N) is 2. The standard InChI is InChI=1S/C11H12ClFN4/c1-17-3-2-15-11(17)6-16-10-5-8(13)7(12)4-9(10)14/h2-5,16H,6,14H2,1H3. The van der Waals surface area contributed by atoms with E-state index in [1.807, 2.05) is 17.8 Å². The minimum absolute atomic E-state index is 0.0186. The Hall–Kier alpha value is -1.75. The van der Waals surface area contributed by atoms with Gasteiger partial charge in [0, 0.05) is 25.5 Å². The van der Waals surface area contributed by atoms with Crippen molar-refractivity contribution in [2.24, 2.45) is 7.05 Å². The van der Waals surface area contributed by atoms with Crippen LogP contribution in [0.4, 0.5) is 15.8 Å². The molecular formula is C11H12ClFN4. The molecule has 0 bridgehead atoms. The number of aryl methyl sites for hydroxylation is 1. The highest BCUT2D eigenvalue weighted by Crippen LogP contribution is 2.26. The molecule has 0 spiro atoms. The van der Waals surface area contributed by atoms with Crippen molar-refractivity contribution in [1.82, 2.24) is 9.55 Å². The predicted molar refractivity (Wildman–Crippen MR) is 66.4 cm³/mol. The molecule has 0 saturated carbocycles. The number of rotatable bonds is 3. The zero-order valence-electron chi connectivity index (χ0n) is 9.24. The number of imidazole rings is 1. The van der Waals surface area contributed by atoms with Crippen LogP contribution in [0, 0.1) is 5.82 Å². The van der Waals surface area contributed by atoms with Gasteiger partial charge in [0.25, 0.3) is 0 Å². The summed E-state index contributed by atoms with van der Waals surface area (Å²) >= 11 is 5.61. The molecule has 0 aliphatic heterocycles. The first-order valence-electron chi connectivity index (χ1n) is 5.02. The Morgan fingerprint density at radius 3 is 2.94 bits per heavy atom. The topological polar surface area (TPSA) is 55.9 Å². The number of benzene rings is 1. The molecule has 0 atom stereocenters. The number of nitrogens with two attached hydrogens (primary N) is 1. The molecule has 0 fully saturated rings. The van der Waals surface area contributed by atoms with Crippen LogP contribution < -0.4 is 11.1 Å². The van der Waals surface area contributed by atoms with E-state index >= 15 is 0 Å². The van der Waals surface area contributed by atoms with Gasteiger partial charge in [-0.2, -0.15) is 0 Å². The Balaban J connectivity index is 2.14. The van der Waals surface area contributed by atoms with Crippen molar-refractivity contribution in [3.05, 3.63) is 41.2 Å². The van der Waals surface area contributed by atoms with Crippen molar-refractivity contribution in [2.75, 3.05) is 11.1 Å². The number of aromatic nitrogens is 2. The largest absolute Gasteiger partial charge is 0.397 e. The molecule has 0 saturated heterocycles. The fourth-order valence-electron chi connectivity index (χ4n) is 1.46. The van der Waals surface area contributed by atoms with E-state index in [1.165, 1.54) is 12.1 Å². The summed E-state index contributed by atoms with van der Waals surface area (Å²) in [4.78, 5) is 4.14. The monoisotopic (exact) mass is 254 g/mol. The van der Waals surface area contributed by atoms with E-state index in [0.29, 0.717) is 17.9 Å². The van der Waals surface area contributed by atoms with Crippen molar-refractivity contribution in [3.63, 3.8) is 0 Å². The van der Waals surface area contributed by atoms with Crippen LogP contribution in [-0.2, 0) is 13.6 Å². The van der Waals surface area contributed by atoms with Crippen molar-refractivity contribution in [2.45, 2.75) is 6.54 Å². The lowest BCUT2D eigenvalue weighted by Gasteiger charge is -2.10. The molecule has 2 aromatic rings. The Labute approximate surface area is 103 Å². The predicted octanol–water partition coefficient (Wildman–Crippen LogP) is 2.41. The second-order valence-corrected chi connectivity index (χ2v) is 4.07. The molecule has 0 unspecified atom stereocenters. The third-order valence-electron chi connectivity index (χ3n) is 2.45. The third kappa shape index (κ3) is 2.50. The van der Waals surface area contributed by atoms with Crippen LogP contribution in [-0.4, -0.2) is 9.55 Å². The Morgan fingerprint density at radius 1 is 1.53 bits per heavy atom. The smallest absolute Gasteiger partial charge is 0.143 e. The molecule has 0 aliphatic rings. The van der Waals surface area contributed by atoms with E-state index in [0.717, 1.165) is 5.82 Å². The molecule has 6 heteroatoms. The van der Waals surface area contributed by atoms with E-state index in [4.69, 9.17) is 17.3 Å². The second kappa shape index (κ2) is 4.63. The van der Waals surface area contributed by atoms with Gasteiger partial charge in [0.05, 0.1) is 22.9 Å². The van der Waals surface area contributed by atoms with Gasteiger partial charge in [0.2, 0.25) is 0 Å². The summed E-state index contributed by atoms with van der Waals surface area (Å²) in [6.07, 6.45) is 3.53. The van der Waals surface area contributed by atoms with Gasteiger partial charge in [-0.3, -0.25) is 0 Å². The molecule has 1 aromatic carbocycles. The molecular weight excluding hydrogens is 243 g/mol. The molecule has 0 radical (unpaired) electrons. The van der Waals surface area contributed by atoms with Gasteiger partial charge in [0.15, 0.2) is 0 Å². The molecule has 2 rings (SSSR count). The molecule has 1 aromatic heterocycles. The fraction of sp³-hybridized carbons (Fsp3) is 0.182. The van der Waals surface area contributed by atoms with Crippen LogP contribution in [0.25, 0.3) is 0 Å². The first-order chi connectivity index (χ1) is 8.08. The Morgan fingerprint density at radius 2 is 2.29 bits per heavy atom. The maximum Gasteiger partial charge on any atom is 0.143 e. The van der Waals surface area contributed by atoms with Crippen LogP contribution in [0.3, 0.4) is 0 Å².